The average Bonchev–Trinajstić information content (AvgIpc) is 2.57. The van der Waals surface area contributed by atoms with Gasteiger partial charge in [0, 0.05) is 18.5 Å². The Kier molecular flexibility index (Phi) is 6.01. The van der Waals surface area contributed by atoms with Crippen LogP contribution in [-0.4, -0.2) is 17.7 Å². The third kappa shape index (κ3) is 5.71. The van der Waals surface area contributed by atoms with E-state index in [1.807, 2.05) is 30.3 Å². The van der Waals surface area contributed by atoms with Gasteiger partial charge in [0.2, 0.25) is 0 Å². The topological polar surface area (TPSA) is 58.6 Å². The lowest BCUT2D eigenvalue weighted by Crippen LogP contribution is -2.24. The molecule has 5 heteroatoms. The molecule has 0 atom stereocenters. The Morgan fingerprint density at radius 1 is 1.22 bits per heavy atom. The molecule has 2 N–H and O–H groups in total. The van der Waals surface area contributed by atoms with Gasteiger partial charge >= 0.3 is 6.09 Å². The van der Waals surface area contributed by atoms with Crippen LogP contribution < -0.4 is 5.32 Å². The number of rotatable bonds is 4. The summed E-state index contributed by atoms with van der Waals surface area (Å²) in [6.07, 6.45) is -0.0893. The lowest BCUT2D eigenvalue weighted by atomic mass is 10.2. The first-order valence-electron chi connectivity index (χ1n) is 7.07. The van der Waals surface area contributed by atoms with Crippen molar-refractivity contribution in [2.75, 3.05) is 6.54 Å². The van der Waals surface area contributed by atoms with E-state index < -0.39 is 17.7 Å². The molecule has 0 bridgehead atoms. The fourth-order valence-corrected chi connectivity index (χ4v) is 1.76. The second-order valence-corrected chi connectivity index (χ2v) is 4.71. The van der Waals surface area contributed by atoms with Gasteiger partial charge in [0.05, 0.1) is 0 Å². The van der Waals surface area contributed by atoms with Gasteiger partial charge in [-0.2, -0.15) is 0 Å². The molecule has 0 unspecified atom stereocenters. The quantitative estimate of drug-likeness (QED) is 0.673. The largest absolute Gasteiger partial charge is 0.505 e. The number of carbonyl (C=O) groups is 1. The summed E-state index contributed by atoms with van der Waals surface area (Å²) >= 11 is 0. The first-order valence-corrected chi connectivity index (χ1v) is 7.07. The van der Waals surface area contributed by atoms with Gasteiger partial charge in [0.15, 0.2) is 11.6 Å². The Morgan fingerprint density at radius 3 is 2.74 bits per heavy atom. The number of carbonyl (C=O) groups excluding carboxylic acids is 1. The maximum absolute atomic E-state index is 12.9. The molecule has 0 radical (unpaired) electrons. The van der Waals surface area contributed by atoms with Crippen molar-refractivity contribution in [1.29, 1.82) is 0 Å². The SMILES string of the molecule is O=C(NCCC#Cc1ccc(F)c(O)c1)OCc1ccccc1. The van der Waals surface area contributed by atoms with E-state index in [0.29, 0.717) is 18.5 Å². The summed E-state index contributed by atoms with van der Waals surface area (Å²) in [6.45, 7) is 0.557. The molecule has 0 aliphatic carbocycles. The molecule has 23 heavy (non-hydrogen) atoms. The van der Waals surface area contributed by atoms with E-state index in [0.717, 1.165) is 11.6 Å². The second-order valence-electron chi connectivity index (χ2n) is 4.71. The highest BCUT2D eigenvalue weighted by atomic mass is 19.1. The fraction of sp³-hybridized carbons (Fsp3) is 0.167. The van der Waals surface area contributed by atoms with E-state index in [2.05, 4.69) is 17.2 Å². The van der Waals surface area contributed by atoms with Crippen LogP contribution in [0.3, 0.4) is 0 Å². The fourth-order valence-electron chi connectivity index (χ4n) is 1.76. The van der Waals surface area contributed by atoms with E-state index >= 15 is 0 Å². The van der Waals surface area contributed by atoms with E-state index in [1.165, 1.54) is 12.1 Å². The van der Waals surface area contributed by atoms with Gasteiger partial charge in [0.25, 0.3) is 0 Å². The number of nitrogens with one attached hydrogen (secondary N) is 1. The van der Waals surface area contributed by atoms with Crippen LogP contribution in [0.15, 0.2) is 48.5 Å². The van der Waals surface area contributed by atoms with Crippen LogP contribution in [0.4, 0.5) is 9.18 Å². The number of phenols is 1. The molecule has 2 aromatic rings. The zero-order valence-electron chi connectivity index (χ0n) is 12.4. The minimum atomic E-state index is -0.682. The number of hydrogen-bond donors (Lipinski definition) is 2. The molecule has 4 nitrogen and oxygen atoms in total. The van der Waals surface area contributed by atoms with Crippen molar-refractivity contribution in [3.63, 3.8) is 0 Å². The van der Waals surface area contributed by atoms with Crippen LogP contribution in [0.1, 0.15) is 17.5 Å². The highest BCUT2D eigenvalue weighted by Gasteiger charge is 2.01. The van der Waals surface area contributed by atoms with Crippen LogP contribution in [0.2, 0.25) is 0 Å². The molecule has 0 fully saturated rings. The average molecular weight is 313 g/mol. The van der Waals surface area contributed by atoms with Crippen molar-refractivity contribution in [2.45, 2.75) is 13.0 Å². The van der Waals surface area contributed by atoms with Gasteiger partial charge in [-0.3, -0.25) is 0 Å². The molecule has 0 aliphatic rings. The van der Waals surface area contributed by atoms with E-state index in [-0.39, 0.29) is 6.61 Å². The number of phenolic OH excluding ortho intramolecular Hbond substituents is 1. The van der Waals surface area contributed by atoms with Gasteiger partial charge < -0.3 is 15.2 Å². The summed E-state index contributed by atoms with van der Waals surface area (Å²) in [5.41, 5.74) is 1.43. The Bertz CT molecular complexity index is 720. The Balaban J connectivity index is 1.68. The zero-order valence-corrected chi connectivity index (χ0v) is 12.4. The van der Waals surface area contributed by atoms with Crippen molar-refractivity contribution in [1.82, 2.24) is 5.32 Å². The van der Waals surface area contributed by atoms with Crippen molar-refractivity contribution in [3.8, 4) is 17.6 Å². The molecule has 1 amide bonds. The highest BCUT2D eigenvalue weighted by Crippen LogP contribution is 2.15. The third-order valence-corrected chi connectivity index (χ3v) is 2.91. The number of benzene rings is 2. The van der Waals surface area contributed by atoms with Crippen LogP contribution in [-0.2, 0) is 11.3 Å². The molecular weight excluding hydrogens is 297 g/mol. The predicted molar refractivity (Wildman–Crippen MR) is 84.2 cm³/mol. The van der Waals surface area contributed by atoms with E-state index in [9.17, 15) is 14.3 Å². The molecule has 2 rings (SSSR count). The monoisotopic (exact) mass is 313 g/mol. The number of amides is 1. The minimum absolute atomic E-state index is 0.215. The number of alkyl carbamates (subject to hydrolysis) is 1. The summed E-state index contributed by atoms with van der Waals surface area (Å²) in [5, 5.41) is 11.8. The third-order valence-electron chi connectivity index (χ3n) is 2.91. The Labute approximate surface area is 133 Å². The number of halogens is 1. The Morgan fingerprint density at radius 2 is 2.00 bits per heavy atom. The summed E-state index contributed by atoms with van der Waals surface area (Å²) in [4.78, 5) is 11.5. The van der Waals surface area contributed by atoms with Gasteiger partial charge in [-0.15, -0.1) is 0 Å². The lowest BCUT2D eigenvalue weighted by Gasteiger charge is -2.05. The first kappa shape index (κ1) is 16.4. The van der Waals surface area contributed by atoms with Crippen LogP contribution in [0.25, 0.3) is 0 Å². The minimum Gasteiger partial charge on any atom is -0.505 e. The maximum atomic E-state index is 12.9. The summed E-state index contributed by atoms with van der Waals surface area (Å²) in [7, 11) is 0. The predicted octanol–water partition coefficient (Wildman–Crippen LogP) is 3.20. The number of hydrogen-bond acceptors (Lipinski definition) is 3. The second kappa shape index (κ2) is 8.44. The zero-order chi connectivity index (χ0) is 16.5. The normalized spacial score (nSPS) is 9.61. The molecule has 0 heterocycles. The van der Waals surface area contributed by atoms with Crippen LogP contribution in [0, 0.1) is 17.7 Å². The maximum Gasteiger partial charge on any atom is 0.407 e. The summed E-state index contributed by atoms with van der Waals surface area (Å²) in [5.74, 6) is 4.49. The van der Waals surface area contributed by atoms with E-state index in [4.69, 9.17) is 4.74 Å². The lowest BCUT2D eigenvalue weighted by molar-refractivity contribution is 0.140. The standard InChI is InChI=1S/C18H16FNO3/c19-16-10-9-14(12-17(16)21)6-4-5-11-20-18(22)23-13-15-7-2-1-3-8-15/h1-3,7-10,12,21H,5,11,13H2,(H,20,22). The molecular formula is C18H16FNO3. The van der Waals surface area contributed by atoms with Crippen molar-refractivity contribution < 1.29 is 19.0 Å². The summed E-state index contributed by atoms with van der Waals surface area (Å²) < 4.78 is 17.9. The molecule has 2 aromatic carbocycles. The van der Waals surface area contributed by atoms with Gasteiger partial charge in [0.1, 0.15) is 6.61 Å². The number of ether oxygens (including phenoxy) is 1. The van der Waals surface area contributed by atoms with Crippen molar-refractivity contribution in [2.24, 2.45) is 0 Å². The Hall–Kier alpha value is -3.00. The first-order chi connectivity index (χ1) is 11.1. The molecule has 118 valence electrons. The van der Waals surface area contributed by atoms with Crippen LogP contribution in [0.5, 0.6) is 5.75 Å². The van der Waals surface area contributed by atoms with Gasteiger partial charge in [-0.1, -0.05) is 42.2 Å². The van der Waals surface area contributed by atoms with Crippen molar-refractivity contribution in [3.05, 3.63) is 65.5 Å². The van der Waals surface area contributed by atoms with Gasteiger partial charge in [-0.25, -0.2) is 9.18 Å². The molecule has 0 saturated carbocycles. The summed E-state index contributed by atoms with van der Waals surface area (Å²) in [6, 6.07) is 13.3. The highest BCUT2D eigenvalue weighted by molar-refractivity contribution is 5.67. The van der Waals surface area contributed by atoms with Crippen molar-refractivity contribution >= 4 is 6.09 Å². The molecule has 0 aromatic heterocycles. The van der Waals surface area contributed by atoms with E-state index in [1.54, 1.807) is 0 Å². The van der Waals surface area contributed by atoms with Gasteiger partial charge in [-0.05, 0) is 23.8 Å². The van der Waals surface area contributed by atoms with Crippen LogP contribution >= 0.6 is 0 Å². The molecule has 0 saturated heterocycles. The molecule has 0 aliphatic heterocycles. The smallest absolute Gasteiger partial charge is 0.407 e. The number of aromatic hydroxyl groups is 1. The molecule has 0 spiro atoms.